The van der Waals surface area contributed by atoms with Gasteiger partial charge in [0, 0.05) is 31.1 Å². The molecule has 1 aliphatic carbocycles. The highest BCUT2D eigenvalue weighted by Crippen LogP contribution is 2.43. The maximum absolute atomic E-state index is 12.5. The number of benzene rings is 1. The third kappa shape index (κ3) is 4.03. The zero-order valence-electron chi connectivity index (χ0n) is 15.5. The number of methoxy groups -OCH3 is 1. The molecule has 4 rings (SSSR count). The van der Waals surface area contributed by atoms with Gasteiger partial charge in [0.25, 0.3) is 5.91 Å². The van der Waals surface area contributed by atoms with Crippen molar-refractivity contribution < 1.29 is 9.53 Å². The van der Waals surface area contributed by atoms with E-state index in [1.54, 1.807) is 24.4 Å². The zero-order valence-corrected chi connectivity index (χ0v) is 15.5. The van der Waals surface area contributed by atoms with Crippen LogP contribution in [0, 0.1) is 0 Å². The molecular formula is C20H25N5O2. The second-order valence-corrected chi connectivity index (χ2v) is 7.29. The molecule has 7 nitrogen and oxygen atoms in total. The maximum atomic E-state index is 12.5. The Balaban J connectivity index is 1.34. The Labute approximate surface area is 158 Å². The summed E-state index contributed by atoms with van der Waals surface area (Å²) in [5.74, 6) is 1.95. The molecule has 0 radical (unpaired) electrons. The normalized spacial score (nSPS) is 22.4. The van der Waals surface area contributed by atoms with Crippen LogP contribution in [-0.2, 0) is 0 Å². The van der Waals surface area contributed by atoms with Crippen molar-refractivity contribution in [1.82, 2.24) is 14.9 Å². The first-order valence-electron chi connectivity index (χ1n) is 9.41. The summed E-state index contributed by atoms with van der Waals surface area (Å²) in [7, 11) is 1.68. The molecule has 1 aromatic carbocycles. The summed E-state index contributed by atoms with van der Waals surface area (Å²) in [6, 6.07) is 8.68. The molecular weight excluding hydrogens is 342 g/mol. The summed E-state index contributed by atoms with van der Waals surface area (Å²) in [6.45, 7) is 1.37. The van der Waals surface area contributed by atoms with Gasteiger partial charge in [-0.15, -0.1) is 0 Å². The highest BCUT2D eigenvalue weighted by atomic mass is 16.5. The molecule has 27 heavy (non-hydrogen) atoms. The molecule has 7 heteroatoms. The molecule has 0 spiro atoms. The van der Waals surface area contributed by atoms with Crippen LogP contribution in [0.2, 0.25) is 0 Å². The lowest BCUT2D eigenvalue weighted by atomic mass is 10.1. The Morgan fingerprint density at radius 2 is 2.07 bits per heavy atom. The van der Waals surface area contributed by atoms with Crippen LogP contribution >= 0.6 is 0 Å². The van der Waals surface area contributed by atoms with Crippen molar-refractivity contribution in [3.05, 3.63) is 47.9 Å². The number of likely N-dealkylation sites (tertiary alicyclic amines) is 1. The molecule has 3 N–H and O–H groups in total. The number of aromatic nitrogens is 2. The van der Waals surface area contributed by atoms with Gasteiger partial charge in [0.15, 0.2) is 0 Å². The molecule has 1 amide bonds. The van der Waals surface area contributed by atoms with Crippen molar-refractivity contribution in [3.63, 3.8) is 0 Å². The van der Waals surface area contributed by atoms with Gasteiger partial charge in [-0.05, 0) is 37.0 Å². The largest absolute Gasteiger partial charge is 0.497 e. The van der Waals surface area contributed by atoms with E-state index in [4.69, 9.17) is 10.5 Å². The van der Waals surface area contributed by atoms with Crippen LogP contribution in [0.25, 0.3) is 0 Å². The summed E-state index contributed by atoms with van der Waals surface area (Å²) in [5, 5.41) is 3.40. The van der Waals surface area contributed by atoms with Gasteiger partial charge >= 0.3 is 0 Å². The van der Waals surface area contributed by atoms with Crippen LogP contribution in [0.4, 0.5) is 5.82 Å². The fraction of sp³-hybridized carbons (Fsp3) is 0.450. The van der Waals surface area contributed by atoms with E-state index in [0.717, 1.165) is 25.0 Å². The van der Waals surface area contributed by atoms with Gasteiger partial charge < -0.3 is 20.7 Å². The van der Waals surface area contributed by atoms with E-state index in [0.29, 0.717) is 36.6 Å². The van der Waals surface area contributed by atoms with Crippen LogP contribution in [0.5, 0.6) is 5.75 Å². The summed E-state index contributed by atoms with van der Waals surface area (Å²) < 4.78 is 5.29. The van der Waals surface area contributed by atoms with Gasteiger partial charge in [-0.1, -0.05) is 12.1 Å². The number of piperidine rings is 1. The van der Waals surface area contributed by atoms with E-state index in [2.05, 4.69) is 27.4 Å². The highest BCUT2D eigenvalue weighted by molar-refractivity contribution is 5.92. The van der Waals surface area contributed by atoms with Crippen LogP contribution in [-0.4, -0.2) is 53.1 Å². The Morgan fingerprint density at radius 3 is 2.78 bits per heavy atom. The lowest BCUT2D eigenvalue weighted by Crippen LogP contribution is -2.43. The molecule has 1 saturated heterocycles. The molecule has 2 heterocycles. The second kappa shape index (κ2) is 7.52. The summed E-state index contributed by atoms with van der Waals surface area (Å²) in [5.41, 5.74) is 7.54. The first-order chi connectivity index (χ1) is 13.1. The van der Waals surface area contributed by atoms with E-state index in [1.807, 2.05) is 12.1 Å². The van der Waals surface area contributed by atoms with E-state index < -0.39 is 0 Å². The van der Waals surface area contributed by atoms with Gasteiger partial charge in [-0.25, -0.2) is 9.97 Å². The van der Waals surface area contributed by atoms with E-state index in [-0.39, 0.29) is 11.9 Å². The first kappa shape index (κ1) is 17.7. The molecule has 2 fully saturated rings. The van der Waals surface area contributed by atoms with Crippen LogP contribution in [0.15, 0.2) is 36.7 Å². The zero-order chi connectivity index (χ0) is 18.8. The lowest BCUT2D eigenvalue weighted by Gasteiger charge is -2.29. The standard InChI is InChI=1S/C20H25N5O2/c1-27-15-4-2-3-13(9-15)16-10-17(16)24-19-12-22-18(11-23-19)20(26)25-7-5-14(21)6-8-25/h2-4,9,11-12,14,16-17H,5-8,10,21H2,1H3,(H,23,24)/t16-,17+/m0/s1. The Morgan fingerprint density at radius 1 is 1.26 bits per heavy atom. The fourth-order valence-electron chi connectivity index (χ4n) is 3.56. The van der Waals surface area contributed by atoms with Crippen molar-refractivity contribution in [3.8, 4) is 5.75 Å². The van der Waals surface area contributed by atoms with Crippen molar-refractivity contribution in [2.24, 2.45) is 5.73 Å². The van der Waals surface area contributed by atoms with Crippen molar-refractivity contribution >= 4 is 11.7 Å². The minimum absolute atomic E-state index is 0.0679. The van der Waals surface area contributed by atoms with Gasteiger partial charge in [-0.3, -0.25) is 4.79 Å². The van der Waals surface area contributed by atoms with E-state index >= 15 is 0 Å². The molecule has 2 aromatic rings. The topological polar surface area (TPSA) is 93.4 Å². The van der Waals surface area contributed by atoms with E-state index in [9.17, 15) is 4.79 Å². The third-order valence-corrected chi connectivity index (χ3v) is 5.34. The van der Waals surface area contributed by atoms with Gasteiger partial charge in [0.2, 0.25) is 0 Å². The van der Waals surface area contributed by atoms with Gasteiger partial charge in [-0.2, -0.15) is 0 Å². The molecule has 1 saturated carbocycles. The number of nitrogens with zero attached hydrogens (tertiary/aromatic N) is 3. The second-order valence-electron chi connectivity index (χ2n) is 7.29. The van der Waals surface area contributed by atoms with Crippen LogP contribution in [0.3, 0.4) is 0 Å². The van der Waals surface area contributed by atoms with Gasteiger partial charge in [0.05, 0.1) is 19.5 Å². The van der Waals surface area contributed by atoms with Crippen molar-refractivity contribution in [1.29, 1.82) is 0 Å². The molecule has 2 atom stereocenters. The number of nitrogens with one attached hydrogen (secondary N) is 1. The maximum Gasteiger partial charge on any atom is 0.274 e. The number of carbonyl (C=O) groups excluding carboxylic acids is 1. The molecule has 2 aliphatic rings. The number of amides is 1. The number of nitrogens with two attached hydrogens (primary N) is 1. The Kier molecular flexibility index (Phi) is 4.94. The Hall–Kier alpha value is -2.67. The molecule has 0 bridgehead atoms. The number of ether oxygens (including phenoxy) is 1. The summed E-state index contributed by atoms with van der Waals surface area (Å²) in [6.07, 6.45) is 5.92. The first-order valence-corrected chi connectivity index (χ1v) is 9.41. The van der Waals surface area contributed by atoms with Crippen LogP contribution in [0.1, 0.15) is 41.2 Å². The minimum atomic E-state index is -0.0679. The smallest absolute Gasteiger partial charge is 0.274 e. The predicted molar refractivity (Wildman–Crippen MR) is 103 cm³/mol. The number of carbonyl (C=O) groups is 1. The average molecular weight is 367 g/mol. The highest BCUT2D eigenvalue weighted by Gasteiger charge is 2.38. The predicted octanol–water partition coefficient (Wildman–Crippen LogP) is 2.02. The number of rotatable bonds is 5. The average Bonchev–Trinajstić information content (AvgIpc) is 3.48. The number of anilines is 1. The lowest BCUT2D eigenvalue weighted by molar-refractivity contribution is 0.0708. The van der Waals surface area contributed by atoms with Crippen LogP contribution < -0.4 is 15.8 Å². The van der Waals surface area contributed by atoms with E-state index in [1.165, 1.54) is 5.56 Å². The Bertz CT molecular complexity index is 802. The quantitative estimate of drug-likeness (QED) is 0.840. The number of hydrogen-bond donors (Lipinski definition) is 2. The monoisotopic (exact) mass is 367 g/mol. The molecule has 1 aliphatic heterocycles. The molecule has 1 aromatic heterocycles. The van der Waals surface area contributed by atoms with Crippen molar-refractivity contribution in [2.75, 3.05) is 25.5 Å². The fourth-order valence-corrected chi connectivity index (χ4v) is 3.56. The van der Waals surface area contributed by atoms with Gasteiger partial charge in [0.1, 0.15) is 17.3 Å². The molecule has 142 valence electrons. The summed E-state index contributed by atoms with van der Waals surface area (Å²) >= 11 is 0. The number of hydrogen-bond acceptors (Lipinski definition) is 6. The minimum Gasteiger partial charge on any atom is -0.497 e. The SMILES string of the molecule is COc1cccc([C@@H]2C[C@H]2Nc2cnc(C(=O)N3CCC(N)CC3)cn2)c1. The molecule has 0 unspecified atom stereocenters. The third-order valence-electron chi connectivity index (χ3n) is 5.34. The van der Waals surface area contributed by atoms with Crippen molar-refractivity contribution in [2.45, 2.75) is 37.3 Å². The summed E-state index contributed by atoms with van der Waals surface area (Å²) in [4.78, 5) is 23.0.